The second kappa shape index (κ2) is 11.7. The number of imide groups is 1. The van der Waals surface area contributed by atoms with Gasteiger partial charge in [0.15, 0.2) is 11.5 Å². The molecule has 29 heavy (non-hydrogen) atoms. The second-order valence-corrected chi connectivity index (χ2v) is 7.48. The summed E-state index contributed by atoms with van der Waals surface area (Å²) in [4.78, 5) is 24.5. The van der Waals surface area contributed by atoms with Crippen molar-refractivity contribution < 1.29 is 19.1 Å². The molecular weight excluding hydrogens is 370 g/mol. The molecule has 0 unspecified atom stereocenters. The fourth-order valence-electron chi connectivity index (χ4n) is 3.57. The van der Waals surface area contributed by atoms with Gasteiger partial charge in [0.05, 0.1) is 19.3 Å². The summed E-state index contributed by atoms with van der Waals surface area (Å²) in [7, 11) is 0. The highest BCUT2D eigenvalue weighted by Gasteiger charge is 2.21. The molecule has 0 heterocycles. The SMILES string of the molecule is CCOc1ccc([C@H](C)N[C@H](C)C(=O)NC(=O)NC2CCCCC2)cc1OCC. The van der Waals surface area contributed by atoms with Gasteiger partial charge in [0, 0.05) is 12.1 Å². The van der Waals surface area contributed by atoms with E-state index >= 15 is 0 Å². The monoisotopic (exact) mass is 405 g/mol. The normalized spacial score (nSPS) is 16.6. The molecule has 3 N–H and O–H groups in total. The molecule has 0 aromatic heterocycles. The van der Waals surface area contributed by atoms with Crippen molar-refractivity contribution >= 4 is 11.9 Å². The number of carbonyl (C=O) groups excluding carboxylic acids is 2. The van der Waals surface area contributed by atoms with Gasteiger partial charge >= 0.3 is 6.03 Å². The van der Waals surface area contributed by atoms with Crippen molar-refractivity contribution in [3.63, 3.8) is 0 Å². The van der Waals surface area contributed by atoms with Crippen molar-refractivity contribution in [3.8, 4) is 11.5 Å². The van der Waals surface area contributed by atoms with E-state index in [1.165, 1.54) is 6.42 Å². The van der Waals surface area contributed by atoms with Gasteiger partial charge in [-0.15, -0.1) is 0 Å². The van der Waals surface area contributed by atoms with E-state index in [1.54, 1.807) is 6.92 Å². The first-order valence-corrected chi connectivity index (χ1v) is 10.7. The summed E-state index contributed by atoms with van der Waals surface area (Å²) in [5.41, 5.74) is 0.975. The molecule has 7 heteroatoms. The Balaban J connectivity index is 1.89. The van der Waals surface area contributed by atoms with E-state index in [4.69, 9.17) is 9.47 Å². The molecule has 2 atom stereocenters. The number of carbonyl (C=O) groups is 2. The largest absolute Gasteiger partial charge is 0.490 e. The lowest BCUT2D eigenvalue weighted by atomic mass is 9.96. The molecule has 3 amide bonds. The highest BCUT2D eigenvalue weighted by Crippen LogP contribution is 2.30. The minimum atomic E-state index is -0.524. The van der Waals surface area contributed by atoms with E-state index in [0.29, 0.717) is 24.7 Å². The molecule has 0 aliphatic heterocycles. The number of nitrogens with one attached hydrogen (secondary N) is 3. The van der Waals surface area contributed by atoms with Gasteiger partial charge < -0.3 is 14.8 Å². The van der Waals surface area contributed by atoms with Crippen LogP contribution in [0.4, 0.5) is 4.79 Å². The smallest absolute Gasteiger partial charge is 0.321 e. The van der Waals surface area contributed by atoms with Crippen LogP contribution in [0, 0.1) is 0 Å². The first kappa shape index (κ1) is 23.0. The second-order valence-electron chi connectivity index (χ2n) is 7.48. The summed E-state index contributed by atoms with van der Waals surface area (Å²) in [6.45, 7) is 8.68. The van der Waals surface area contributed by atoms with Crippen molar-refractivity contribution in [2.24, 2.45) is 0 Å². The third-order valence-electron chi connectivity index (χ3n) is 5.14. The van der Waals surface area contributed by atoms with E-state index in [2.05, 4.69) is 16.0 Å². The molecule has 0 radical (unpaired) electrons. The summed E-state index contributed by atoms with van der Waals surface area (Å²) >= 11 is 0. The van der Waals surface area contributed by atoms with Crippen molar-refractivity contribution in [1.29, 1.82) is 0 Å². The van der Waals surface area contributed by atoms with Gasteiger partial charge in [-0.25, -0.2) is 4.79 Å². The van der Waals surface area contributed by atoms with Crippen LogP contribution in [0.15, 0.2) is 18.2 Å². The predicted octanol–water partition coefficient (Wildman–Crippen LogP) is 3.68. The zero-order valence-corrected chi connectivity index (χ0v) is 18.0. The van der Waals surface area contributed by atoms with Crippen LogP contribution in [-0.2, 0) is 4.79 Å². The number of amides is 3. The number of hydrogen-bond acceptors (Lipinski definition) is 5. The Bertz CT molecular complexity index is 674. The van der Waals surface area contributed by atoms with Crippen LogP contribution in [0.5, 0.6) is 11.5 Å². The third-order valence-corrected chi connectivity index (χ3v) is 5.14. The fourth-order valence-corrected chi connectivity index (χ4v) is 3.57. The number of urea groups is 1. The standard InChI is InChI=1S/C22H35N3O4/c1-5-28-19-13-12-17(14-20(19)29-6-2)15(3)23-16(4)21(26)25-22(27)24-18-10-8-7-9-11-18/h12-16,18,23H,5-11H2,1-4H3,(H2,24,25,26,27)/t15-,16+/m0/s1. The Hall–Kier alpha value is -2.28. The molecule has 1 fully saturated rings. The van der Waals surface area contributed by atoms with Crippen molar-refractivity contribution in [2.45, 2.75) is 77.9 Å². The average Bonchev–Trinajstić information content (AvgIpc) is 2.70. The van der Waals surface area contributed by atoms with E-state index in [-0.39, 0.29) is 18.0 Å². The highest BCUT2D eigenvalue weighted by atomic mass is 16.5. The molecule has 162 valence electrons. The third kappa shape index (κ3) is 7.24. The number of rotatable bonds is 9. The predicted molar refractivity (Wildman–Crippen MR) is 113 cm³/mol. The Kier molecular flexibility index (Phi) is 9.25. The van der Waals surface area contributed by atoms with Gasteiger partial charge in [-0.1, -0.05) is 25.3 Å². The van der Waals surface area contributed by atoms with Gasteiger partial charge in [-0.05, 0) is 58.2 Å². The summed E-state index contributed by atoms with van der Waals surface area (Å²) in [6.07, 6.45) is 5.42. The molecular formula is C22H35N3O4. The Morgan fingerprint density at radius 1 is 1.03 bits per heavy atom. The van der Waals surface area contributed by atoms with Crippen LogP contribution in [0.3, 0.4) is 0 Å². The summed E-state index contributed by atoms with van der Waals surface area (Å²) < 4.78 is 11.3. The number of hydrogen-bond donors (Lipinski definition) is 3. The van der Waals surface area contributed by atoms with Crippen LogP contribution >= 0.6 is 0 Å². The first-order chi connectivity index (χ1) is 13.9. The van der Waals surface area contributed by atoms with Gasteiger partial charge in [0.25, 0.3) is 0 Å². The Labute approximate surface area is 173 Å². The van der Waals surface area contributed by atoms with Crippen LogP contribution < -0.4 is 25.4 Å². The van der Waals surface area contributed by atoms with Crippen LogP contribution in [0.1, 0.15) is 71.4 Å². The molecule has 1 saturated carbocycles. The lowest BCUT2D eigenvalue weighted by Gasteiger charge is -2.24. The van der Waals surface area contributed by atoms with E-state index < -0.39 is 12.1 Å². The highest BCUT2D eigenvalue weighted by molar-refractivity contribution is 5.96. The maximum atomic E-state index is 12.4. The quantitative estimate of drug-likeness (QED) is 0.583. The summed E-state index contributed by atoms with van der Waals surface area (Å²) in [6, 6.07) is 4.88. The Morgan fingerprint density at radius 3 is 2.34 bits per heavy atom. The lowest BCUT2D eigenvalue weighted by Crippen LogP contribution is -2.50. The van der Waals surface area contributed by atoms with Gasteiger partial charge in [-0.2, -0.15) is 0 Å². The number of ether oxygens (including phenoxy) is 2. The van der Waals surface area contributed by atoms with Gasteiger partial charge in [0.1, 0.15) is 0 Å². The molecule has 0 spiro atoms. The van der Waals surface area contributed by atoms with Crippen LogP contribution in [0.2, 0.25) is 0 Å². The van der Waals surface area contributed by atoms with E-state index in [9.17, 15) is 9.59 Å². The minimum absolute atomic E-state index is 0.105. The minimum Gasteiger partial charge on any atom is -0.490 e. The molecule has 0 bridgehead atoms. The molecule has 1 aliphatic rings. The maximum Gasteiger partial charge on any atom is 0.321 e. The lowest BCUT2D eigenvalue weighted by molar-refractivity contribution is -0.121. The molecule has 0 saturated heterocycles. The number of benzene rings is 1. The van der Waals surface area contributed by atoms with Gasteiger partial charge in [-0.3, -0.25) is 15.4 Å². The Morgan fingerprint density at radius 2 is 1.69 bits per heavy atom. The molecule has 1 aromatic rings. The zero-order valence-electron chi connectivity index (χ0n) is 18.0. The maximum absolute atomic E-state index is 12.4. The molecule has 7 nitrogen and oxygen atoms in total. The molecule has 2 rings (SSSR count). The average molecular weight is 406 g/mol. The van der Waals surface area contributed by atoms with Gasteiger partial charge in [0.2, 0.25) is 5.91 Å². The molecule has 1 aliphatic carbocycles. The zero-order chi connectivity index (χ0) is 21.2. The van der Waals surface area contributed by atoms with Crippen molar-refractivity contribution in [1.82, 2.24) is 16.0 Å². The topological polar surface area (TPSA) is 88.7 Å². The van der Waals surface area contributed by atoms with Crippen molar-refractivity contribution in [3.05, 3.63) is 23.8 Å². The summed E-state index contributed by atoms with van der Waals surface area (Å²) in [5, 5.41) is 8.58. The first-order valence-electron chi connectivity index (χ1n) is 10.7. The van der Waals surface area contributed by atoms with Crippen LogP contribution in [-0.4, -0.2) is 37.2 Å². The van der Waals surface area contributed by atoms with Crippen LogP contribution in [0.25, 0.3) is 0 Å². The molecule has 1 aromatic carbocycles. The fraction of sp³-hybridized carbons (Fsp3) is 0.636. The van der Waals surface area contributed by atoms with Crippen molar-refractivity contribution in [2.75, 3.05) is 13.2 Å². The van der Waals surface area contributed by atoms with E-state index in [0.717, 1.165) is 31.2 Å². The summed E-state index contributed by atoms with van der Waals surface area (Å²) in [5.74, 6) is 1.04. The van der Waals surface area contributed by atoms with E-state index in [1.807, 2.05) is 39.0 Å².